The quantitative estimate of drug-likeness (QED) is 0.433. The molecular formula is C22H25N5O5S. The smallest absolute Gasteiger partial charge is 0.291 e. The molecule has 11 heteroatoms. The summed E-state index contributed by atoms with van der Waals surface area (Å²) in [7, 11) is 1.57. The topological polar surface area (TPSA) is 129 Å². The summed E-state index contributed by atoms with van der Waals surface area (Å²) in [5.41, 5.74) is 5.92. The lowest BCUT2D eigenvalue weighted by molar-refractivity contribution is 0.0638. The van der Waals surface area contributed by atoms with E-state index in [9.17, 15) is 9.59 Å². The summed E-state index contributed by atoms with van der Waals surface area (Å²) >= 11 is 1.04. The molecule has 0 saturated carbocycles. The molecule has 2 aromatic rings. The van der Waals surface area contributed by atoms with E-state index in [1.165, 1.54) is 23.9 Å². The molecule has 1 aromatic carbocycles. The van der Waals surface area contributed by atoms with E-state index < -0.39 is 5.91 Å². The third kappa shape index (κ3) is 6.77. The number of likely N-dealkylation sites (tertiary alicyclic amines) is 1. The van der Waals surface area contributed by atoms with Crippen LogP contribution >= 0.6 is 11.8 Å². The van der Waals surface area contributed by atoms with E-state index in [1.807, 2.05) is 6.92 Å². The first-order chi connectivity index (χ1) is 15.9. The average molecular weight is 472 g/mol. The molecule has 2 amide bonds. The van der Waals surface area contributed by atoms with E-state index >= 15 is 0 Å². The summed E-state index contributed by atoms with van der Waals surface area (Å²) in [5, 5.41) is 1.54. The van der Waals surface area contributed by atoms with Crippen molar-refractivity contribution >= 4 is 28.7 Å². The summed E-state index contributed by atoms with van der Waals surface area (Å²) in [6.45, 7) is 7.16. The fourth-order valence-corrected chi connectivity index (χ4v) is 3.18. The highest BCUT2D eigenvalue weighted by Crippen LogP contribution is 2.28. The molecule has 10 nitrogen and oxygen atoms in total. The lowest BCUT2D eigenvalue weighted by atomic mass is 10.2. The number of hydrogen-bond acceptors (Lipinski definition) is 8. The summed E-state index contributed by atoms with van der Waals surface area (Å²) in [6, 6.07) is 4.67. The second-order valence-electron chi connectivity index (χ2n) is 7.11. The highest BCUT2D eigenvalue weighted by molar-refractivity contribution is 8.16. The van der Waals surface area contributed by atoms with Crippen molar-refractivity contribution in [2.75, 3.05) is 26.8 Å². The van der Waals surface area contributed by atoms with Crippen molar-refractivity contribution in [1.29, 1.82) is 0 Å². The molecule has 2 heterocycles. The molecule has 1 atom stereocenters. The maximum absolute atomic E-state index is 12.6. The van der Waals surface area contributed by atoms with Gasteiger partial charge in [0.2, 0.25) is 5.82 Å². The molecule has 0 bridgehead atoms. The molecule has 174 valence electrons. The molecule has 0 radical (unpaired) electrons. The summed E-state index contributed by atoms with van der Waals surface area (Å²) in [5.74, 6) is 0.306. The first-order valence-electron chi connectivity index (χ1n) is 10.2. The molecule has 1 aromatic heterocycles. The van der Waals surface area contributed by atoms with Crippen LogP contribution in [0.5, 0.6) is 17.2 Å². The largest absolute Gasteiger partial charge is 0.488 e. The Morgan fingerprint density at radius 2 is 1.94 bits per heavy atom. The molecule has 33 heavy (non-hydrogen) atoms. The van der Waals surface area contributed by atoms with Gasteiger partial charge in [-0.3, -0.25) is 9.59 Å². The van der Waals surface area contributed by atoms with Crippen LogP contribution in [0.4, 0.5) is 0 Å². The minimum Gasteiger partial charge on any atom is -0.488 e. The van der Waals surface area contributed by atoms with E-state index in [4.69, 9.17) is 19.9 Å². The Balaban J connectivity index is 1.82. The predicted molar refractivity (Wildman–Crippen MR) is 125 cm³/mol. The van der Waals surface area contributed by atoms with Gasteiger partial charge in [0.1, 0.15) is 17.6 Å². The van der Waals surface area contributed by atoms with Crippen LogP contribution in [0.15, 0.2) is 47.6 Å². The Bertz CT molecular complexity index is 1040. The van der Waals surface area contributed by atoms with Gasteiger partial charge in [-0.15, -0.1) is 0 Å². The first kappa shape index (κ1) is 24.2. The van der Waals surface area contributed by atoms with Crippen molar-refractivity contribution in [3.63, 3.8) is 0 Å². The number of nitrogens with zero attached hydrogens (tertiary/aromatic N) is 4. The standard InChI is InChI=1S/C22H25N5O5S/c1-4-33-22(23)26-20(28)15-8-16(31-14(2)13-30-3)10-17(9-15)32-18-11-24-19(25-12-18)21(29)27-6-5-7-27/h4,8-12,14H,1,5-7,13H2,2-3H3,(H2,23,26,28)/t14-/m0/s1. The fraction of sp³-hybridized carbons (Fsp3) is 0.318. The van der Waals surface area contributed by atoms with Gasteiger partial charge in [-0.25, -0.2) is 9.97 Å². The Labute approximate surface area is 195 Å². The number of amides is 2. The number of rotatable bonds is 9. The van der Waals surface area contributed by atoms with Crippen LogP contribution < -0.4 is 15.2 Å². The monoisotopic (exact) mass is 471 g/mol. The van der Waals surface area contributed by atoms with Gasteiger partial charge in [0.05, 0.1) is 19.0 Å². The molecule has 0 spiro atoms. The van der Waals surface area contributed by atoms with Gasteiger partial charge in [-0.05, 0) is 30.9 Å². The molecule has 0 aliphatic carbocycles. The zero-order chi connectivity index (χ0) is 23.8. The number of ether oxygens (including phenoxy) is 3. The Kier molecular flexibility index (Phi) is 8.39. The minimum absolute atomic E-state index is 0.0624. The van der Waals surface area contributed by atoms with Crippen molar-refractivity contribution in [1.82, 2.24) is 14.9 Å². The Morgan fingerprint density at radius 1 is 1.24 bits per heavy atom. The van der Waals surface area contributed by atoms with Crippen molar-refractivity contribution < 1.29 is 23.8 Å². The van der Waals surface area contributed by atoms with E-state index in [1.54, 1.807) is 24.1 Å². The second-order valence-corrected chi connectivity index (χ2v) is 8.09. The highest BCUT2D eigenvalue weighted by Gasteiger charge is 2.23. The van der Waals surface area contributed by atoms with Gasteiger partial charge in [0, 0.05) is 31.8 Å². The highest BCUT2D eigenvalue weighted by atomic mass is 32.2. The number of methoxy groups -OCH3 is 1. The van der Waals surface area contributed by atoms with Crippen LogP contribution in [0.1, 0.15) is 34.3 Å². The van der Waals surface area contributed by atoms with Crippen LogP contribution in [-0.2, 0) is 4.74 Å². The fourth-order valence-electron chi connectivity index (χ4n) is 2.88. The number of aliphatic imine (C=N–C) groups is 1. The van der Waals surface area contributed by atoms with Crippen LogP contribution in [0, 0.1) is 0 Å². The van der Waals surface area contributed by atoms with Gasteiger partial charge in [0.15, 0.2) is 10.9 Å². The summed E-state index contributed by atoms with van der Waals surface area (Å²) in [4.78, 5) is 38.5. The van der Waals surface area contributed by atoms with Crippen molar-refractivity contribution in [3.8, 4) is 17.2 Å². The van der Waals surface area contributed by atoms with Gasteiger partial charge < -0.3 is 24.8 Å². The molecule has 1 aliphatic rings. The molecule has 1 saturated heterocycles. The number of carbonyl (C=O) groups is 2. The molecule has 2 N–H and O–H groups in total. The molecule has 3 rings (SSSR count). The van der Waals surface area contributed by atoms with Crippen LogP contribution in [0.2, 0.25) is 0 Å². The maximum Gasteiger partial charge on any atom is 0.291 e. The molecule has 1 fully saturated rings. The maximum atomic E-state index is 12.6. The second kappa shape index (κ2) is 11.4. The molecule has 1 aliphatic heterocycles. The average Bonchev–Trinajstić information content (AvgIpc) is 2.73. The predicted octanol–water partition coefficient (Wildman–Crippen LogP) is 2.86. The third-order valence-electron chi connectivity index (χ3n) is 4.48. The van der Waals surface area contributed by atoms with Crippen molar-refractivity contribution in [2.45, 2.75) is 19.4 Å². The molecular weight excluding hydrogens is 446 g/mol. The van der Waals surface area contributed by atoms with Gasteiger partial charge >= 0.3 is 0 Å². The number of amidine groups is 1. The van der Waals surface area contributed by atoms with Crippen molar-refractivity contribution in [2.24, 2.45) is 10.7 Å². The van der Waals surface area contributed by atoms with E-state index in [0.717, 1.165) is 18.2 Å². The van der Waals surface area contributed by atoms with Crippen LogP contribution in [-0.4, -0.2) is 64.8 Å². The minimum atomic E-state index is -0.566. The number of carbonyl (C=O) groups excluding carboxylic acids is 2. The lowest BCUT2D eigenvalue weighted by Gasteiger charge is -2.29. The van der Waals surface area contributed by atoms with Crippen LogP contribution in [0.3, 0.4) is 0 Å². The summed E-state index contributed by atoms with van der Waals surface area (Å²) < 4.78 is 16.8. The number of benzene rings is 1. The number of aromatic nitrogens is 2. The third-order valence-corrected chi connectivity index (χ3v) is 4.98. The zero-order valence-corrected chi connectivity index (χ0v) is 19.2. The van der Waals surface area contributed by atoms with E-state index in [0.29, 0.717) is 36.9 Å². The van der Waals surface area contributed by atoms with E-state index in [-0.39, 0.29) is 28.6 Å². The van der Waals surface area contributed by atoms with Gasteiger partial charge in [-0.1, -0.05) is 18.3 Å². The number of nitrogens with two attached hydrogens (primary N) is 1. The Morgan fingerprint density at radius 3 is 2.55 bits per heavy atom. The van der Waals surface area contributed by atoms with Gasteiger partial charge in [0.25, 0.3) is 11.8 Å². The number of hydrogen-bond donors (Lipinski definition) is 1. The number of thioether (sulfide) groups is 1. The first-order valence-corrected chi connectivity index (χ1v) is 11.0. The van der Waals surface area contributed by atoms with Gasteiger partial charge in [-0.2, -0.15) is 4.99 Å². The summed E-state index contributed by atoms with van der Waals surface area (Å²) in [6.07, 6.45) is 3.52. The zero-order valence-electron chi connectivity index (χ0n) is 18.4. The lowest BCUT2D eigenvalue weighted by Crippen LogP contribution is -2.42. The van der Waals surface area contributed by atoms with Crippen molar-refractivity contribution in [3.05, 3.63) is 54.0 Å². The Hall–Kier alpha value is -3.44. The van der Waals surface area contributed by atoms with Crippen LogP contribution in [0.25, 0.3) is 0 Å². The SMILES string of the molecule is C=CSC(N)=NC(=O)c1cc(Oc2cnc(C(=O)N3CCC3)nc2)cc(O[C@@H](C)COC)c1. The normalized spacial score (nSPS) is 14.2. The molecule has 0 unspecified atom stereocenters. The van der Waals surface area contributed by atoms with E-state index in [2.05, 4.69) is 21.5 Å².